The summed E-state index contributed by atoms with van der Waals surface area (Å²) in [4.78, 5) is 79.6. The first-order chi connectivity index (χ1) is 22.8. The van der Waals surface area contributed by atoms with Crippen LogP contribution in [-0.2, 0) is 33.5 Å². The highest BCUT2D eigenvalue weighted by Crippen LogP contribution is 2.16. The quantitative estimate of drug-likeness (QED) is 0.0870. The Hall–Kier alpha value is -3.26. The normalized spacial score (nSPS) is 26.0. The zero-order valence-electron chi connectivity index (χ0n) is 29.8. The van der Waals surface area contributed by atoms with Gasteiger partial charge in [-0.25, -0.2) is 4.79 Å². The number of esters is 1. The molecule has 1 aliphatic heterocycles. The molecule has 0 saturated carbocycles. The number of unbranched alkanes of at least 4 members (excludes halogenated alkanes) is 8. The largest absolute Gasteiger partial charge is 0.458 e. The summed E-state index contributed by atoms with van der Waals surface area (Å²) in [6.07, 6.45) is 9.33. The van der Waals surface area contributed by atoms with Crippen LogP contribution in [0.1, 0.15) is 119 Å². The Kier molecular flexibility index (Phi) is 20.6. The molecule has 7 N–H and O–H groups in total. The van der Waals surface area contributed by atoms with E-state index >= 15 is 0 Å². The lowest BCUT2D eigenvalue weighted by atomic mass is 9.95. The second kappa shape index (κ2) is 23.2. The predicted octanol–water partition coefficient (Wildman–Crippen LogP) is 1.35. The molecular formula is C34H61N5O9. The zero-order chi connectivity index (χ0) is 36.2. The number of carbonyl (C=O) groups excluding carboxylic acids is 6. The summed E-state index contributed by atoms with van der Waals surface area (Å²) in [5.74, 6) is -5.55. The molecule has 276 valence electrons. The first-order valence-electron chi connectivity index (χ1n) is 17.8. The van der Waals surface area contributed by atoms with E-state index in [4.69, 9.17) is 4.74 Å². The minimum atomic E-state index is -1.58. The molecule has 0 aromatic heterocycles. The van der Waals surface area contributed by atoms with Crippen molar-refractivity contribution in [2.45, 2.75) is 155 Å². The van der Waals surface area contributed by atoms with Gasteiger partial charge in [0.25, 0.3) is 0 Å². The molecule has 5 amide bonds. The summed E-state index contributed by atoms with van der Waals surface area (Å²) in [6, 6.07) is -6.82. The van der Waals surface area contributed by atoms with Crippen molar-refractivity contribution in [3.8, 4) is 0 Å². The van der Waals surface area contributed by atoms with Gasteiger partial charge < -0.3 is 41.5 Å². The molecule has 14 heteroatoms. The predicted molar refractivity (Wildman–Crippen MR) is 180 cm³/mol. The number of aliphatic hydroxyl groups is 2. The van der Waals surface area contributed by atoms with E-state index in [-0.39, 0.29) is 6.42 Å². The van der Waals surface area contributed by atoms with Crippen molar-refractivity contribution < 1.29 is 43.7 Å². The van der Waals surface area contributed by atoms with Crippen LogP contribution < -0.4 is 26.6 Å². The lowest BCUT2D eigenvalue weighted by molar-refractivity contribution is -0.157. The van der Waals surface area contributed by atoms with Gasteiger partial charge in [-0.1, -0.05) is 98.8 Å². The molecule has 0 aromatic rings. The molecule has 1 fully saturated rings. The third-order valence-corrected chi connectivity index (χ3v) is 9.07. The second-order valence-corrected chi connectivity index (χ2v) is 13.0. The standard InChI is InChI=1S/C34H61N5O9/c1-7-10-11-12-13-14-15-16-17-18-26(42)37-29-23(6)48-34(47)28(22(5)9-3)39-32(45)27(21(4)8-2)38-31(44)25(20-41)35-30(43)24(19-40)36-33(29)46/h21-25,27-29,40-41H,7-20H2,1-6H3,(H,35,43)(H,36,46)(H,37,42)(H,38,44)(H,39,45). The van der Waals surface area contributed by atoms with E-state index in [1.165, 1.54) is 32.6 Å². The van der Waals surface area contributed by atoms with Gasteiger partial charge in [0.1, 0.15) is 36.3 Å². The molecule has 48 heavy (non-hydrogen) atoms. The van der Waals surface area contributed by atoms with E-state index in [2.05, 4.69) is 33.5 Å². The van der Waals surface area contributed by atoms with E-state index < -0.39 is 96.9 Å². The van der Waals surface area contributed by atoms with Crippen LogP contribution in [0, 0.1) is 11.8 Å². The third kappa shape index (κ3) is 14.5. The maximum atomic E-state index is 13.5. The van der Waals surface area contributed by atoms with Crippen molar-refractivity contribution in [1.82, 2.24) is 26.6 Å². The van der Waals surface area contributed by atoms with Crippen molar-refractivity contribution >= 4 is 35.5 Å². The van der Waals surface area contributed by atoms with Gasteiger partial charge in [-0.15, -0.1) is 0 Å². The van der Waals surface area contributed by atoms with E-state index in [1.54, 1.807) is 13.8 Å². The van der Waals surface area contributed by atoms with Crippen LogP contribution in [0.3, 0.4) is 0 Å². The van der Waals surface area contributed by atoms with Gasteiger partial charge in [0.2, 0.25) is 29.5 Å². The molecule has 8 atom stereocenters. The fraction of sp³-hybridized carbons (Fsp3) is 0.824. The second-order valence-electron chi connectivity index (χ2n) is 13.0. The van der Waals surface area contributed by atoms with Crippen molar-refractivity contribution in [3.63, 3.8) is 0 Å². The number of carbonyl (C=O) groups is 6. The van der Waals surface area contributed by atoms with Crippen molar-refractivity contribution in [1.29, 1.82) is 0 Å². The molecule has 1 rings (SSSR count). The molecule has 14 nitrogen and oxygen atoms in total. The smallest absolute Gasteiger partial charge is 0.329 e. The Morgan fingerprint density at radius 2 is 1.15 bits per heavy atom. The summed E-state index contributed by atoms with van der Waals surface area (Å²) < 4.78 is 5.68. The van der Waals surface area contributed by atoms with E-state index in [0.717, 1.165) is 25.7 Å². The first-order valence-corrected chi connectivity index (χ1v) is 17.8. The van der Waals surface area contributed by atoms with E-state index in [9.17, 15) is 39.0 Å². The maximum absolute atomic E-state index is 13.5. The molecule has 0 aliphatic carbocycles. The number of hydrogen-bond donors (Lipinski definition) is 7. The number of ether oxygens (including phenoxy) is 1. The molecular weight excluding hydrogens is 622 g/mol. The zero-order valence-corrected chi connectivity index (χ0v) is 29.8. The monoisotopic (exact) mass is 683 g/mol. The number of amides is 5. The third-order valence-electron chi connectivity index (χ3n) is 9.07. The first kappa shape index (κ1) is 42.8. The van der Waals surface area contributed by atoms with Crippen LogP contribution in [0.15, 0.2) is 0 Å². The van der Waals surface area contributed by atoms with Gasteiger partial charge in [-0.05, 0) is 25.2 Å². The van der Waals surface area contributed by atoms with Crippen molar-refractivity contribution in [2.75, 3.05) is 13.2 Å². The molecule has 0 aromatic carbocycles. The van der Waals surface area contributed by atoms with Crippen LogP contribution in [0.4, 0.5) is 0 Å². The summed E-state index contributed by atoms with van der Waals surface area (Å²) in [7, 11) is 0. The molecule has 0 radical (unpaired) electrons. The number of cyclic esters (lactones) is 1. The van der Waals surface area contributed by atoms with Crippen molar-refractivity contribution in [3.05, 3.63) is 0 Å². The minimum absolute atomic E-state index is 0.125. The Balaban J connectivity index is 3.28. The summed E-state index contributed by atoms with van der Waals surface area (Å²) in [5.41, 5.74) is 0. The van der Waals surface area contributed by atoms with Crippen LogP contribution in [0.2, 0.25) is 0 Å². The van der Waals surface area contributed by atoms with E-state index in [0.29, 0.717) is 19.3 Å². The molecule has 1 heterocycles. The number of aliphatic hydroxyl groups excluding tert-OH is 2. The van der Waals surface area contributed by atoms with Crippen LogP contribution in [0.5, 0.6) is 0 Å². The Morgan fingerprint density at radius 3 is 1.67 bits per heavy atom. The average Bonchev–Trinajstić information content (AvgIpc) is 3.07. The Morgan fingerprint density at radius 1 is 0.688 bits per heavy atom. The number of nitrogens with one attached hydrogen (secondary N) is 5. The molecule has 0 spiro atoms. The number of rotatable bonds is 17. The SMILES string of the molecule is CCCCCCCCCCCC(=O)NC1C(=O)NC(CO)C(=O)NC(CO)C(=O)NC(C(C)CC)C(=O)NC(C(C)CC)C(=O)OC1C. The minimum Gasteiger partial charge on any atom is -0.458 e. The van der Waals surface area contributed by atoms with E-state index in [1.807, 2.05) is 13.8 Å². The van der Waals surface area contributed by atoms with Gasteiger partial charge in [0.15, 0.2) is 0 Å². The summed E-state index contributed by atoms with van der Waals surface area (Å²) in [6.45, 7) is 8.99. The van der Waals surface area contributed by atoms with Gasteiger partial charge >= 0.3 is 5.97 Å². The number of hydrogen-bond acceptors (Lipinski definition) is 9. The molecule has 0 bridgehead atoms. The highest BCUT2D eigenvalue weighted by molar-refractivity contribution is 5.96. The summed E-state index contributed by atoms with van der Waals surface area (Å²) in [5, 5.41) is 32.4. The molecule has 1 aliphatic rings. The molecule has 8 unspecified atom stereocenters. The van der Waals surface area contributed by atoms with Crippen LogP contribution in [-0.4, -0.2) is 95.2 Å². The van der Waals surface area contributed by atoms with Gasteiger partial charge in [-0.2, -0.15) is 0 Å². The topological polar surface area (TPSA) is 212 Å². The van der Waals surface area contributed by atoms with Gasteiger partial charge in [0, 0.05) is 6.42 Å². The fourth-order valence-corrected chi connectivity index (χ4v) is 5.35. The maximum Gasteiger partial charge on any atom is 0.329 e. The van der Waals surface area contributed by atoms with Crippen LogP contribution >= 0.6 is 0 Å². The summed E-state index contributed by atoms with van der Waals surface area (Å²) >= 11 is 0. The van der Waals surface area contributed by atoms with Crippen LogP contribution in [0.25, 0.3) is 0 Å². The Labute approximate surface area is 285 Å². The lowest BCUT2D eigenvalue weighted by Gasteiger charge is -2.32. The van der Waals surface area contributed by atoms with Crippen molar-refractivity contribution in [2.24, 2.45) is 11.8 Å². The molecule has 1 saturated heterocycles. The highest BCUT2D eigenvalue weighted by Gasteiger charge is 2.38. The van der Waals surface area contributed by atoms with Gasteiger partial charge in [-0.3, -0.25) is 24.0 Å². The fourth-order valence-electron chi connectivity index (χ4n) is 5.35. The Bertz CT molecular complexity index is 1040. The van der Waals surface area contributed by atoms with Gasteiger partial charge in [0.05, 0.1) is 13.2 Å². The average molecular weight is 684 g/mol. The highest BCUT2D eigenvalue weighted by atomic mass is 16.5. The lowest BCUT2D eigenvalue weighted by Crippen LogP contribution is -2.63.